The van der Waals surface area contributed by atoms with Crippen molar-refractivity contribution < 1.29 is 14.0 Å². The molecule has 0 N–H and O–H groups in total. The number of benzene rings is 8. The summed E-state index contributed by atoms with van der Waals surface area (Å²) in [6, 6.07) is 72.2. The van der Waals surface area contributed by atoms with E-state index >= 15 is 0 Å². The van der Waals surface area contributed by atoms with Crippen LogP contribution in [0.25, 0.3) is 55.8 Å². The van der Waals surface area contributed by atoms with E-state index in [9.17, 15) is 0 Å². The van der Waals surface area contributed by atoms with Crippen molar-refractivity contribution in [3.05, 3.63) is 224 Å². The topological polar surface area (TPSA) is 55.8 Å². The zero-order valence-corrected chi connectivity index (χ0v) is 37.3. The van der Waals surface area contributed by atoms with E-state index in [4.69, 9.17) is 19.4 Å². The fourth-order valence-corrected chi connectivity index (χ4v) is 9.59. The van der Waals surface area contributed by atoms with Crippen LogP contribution in [-0.2, 0) is 5.41 Å². The van der Waals surface area contributed by atoms with Crippen LogP contribution >= 0.6 is 0 Å². The monoisotopic (exact) mass is 865 g/mol. The van der Waals surface area contributed by atoms with Crippen LogP contribution < -0.4 is 29.9 Å². The maximum Gasteiger partial charge on any atom is 0.353 e. The average molecular weight is 866 g/mol. The second kappa shape index (κ2) is 16.2. The highest BCUT2D eigenvalue weighted by Gasteiger charge is 2.43. The molecule has 0 spiro atoms. The molecular weight excluding hydrogens is 821 g/mol. The number of ether oxygens (including phenoxy) is 2. The summed E-state index contributed by atoms with van der Waals surface area (Å²) < 4.78 is 17.9. The number of aromatic nitrogens is 3. The highest BCUT2D eigenvalue weighted by molar-refractivity contribution is 6.87. The summed E-state index contributed by atoms with van der Waals surface area (Å²) in [6.45, 7) is 6.23. The van der Waals surface area contributed by atoms with Gasteiger partial charge in [-0.3, -0.25) is 14.0 Å². The molecule has 10 aromatic rings. The molecule has 12 rings (SSSR count). The van der Waals surface area contributed by atoms with Crippen LogP contribution in [0.2, 0.25) is 0 Å². The van der Waals surface area contributed by atoms with E-state index in [-0.39, 0.29) is 12.3 Å². The molecule has 8 aromatic carbocycles. The fourth-order valence-electron chi connectivity index (χ4n) is 9.59. The minimum absolute atomic E-state index is 0.183. The van der Waals surface area contributed by atoms with Gasteiger partial charge in [0.1, 0.15) is 11.5 Å². The number of amidine groups is 1. The van der Waals surface area contributed by atoms with Crippen molar-refractivity contribution in [2.45, 2.75) is 26.2 Å². The predicted octanol–water partition coefficient (Wildman–Crippen LogP) is 12.2. The Hall–Kier alpha value is -8.49. The zero-order chi connectivity index (χ0) is 45.1. The van der Waals surface area contributed by atoms with Gasteiger partial charge in [-0.1, -0.05) is 191 Å². The van der Waals surface area contributed by atoms with Gasteiger partial charge in [0.15, 0.2) is 11.6 Å². The van der Waals surface area contributed by atoms with Gasteiger partial charge in [0.05, 0.1) is 28.1 Å². The maximum absolute atomic E-state index is 6.85. The summed E-state index contributed by atoms with van der Waals surface area (Å²) in [7, 11) is 0. The van der Waals surface area contributed by atoms with Crippen LogP contribution in [0.1, 0.15) is 26.3 Å². The summed E-state index contributed by atoms with van der Waals surface area (Å²) >= 11 is 0. The van der Waals surface area contributed by atoms with E-state index in [1.165, 1.54) is 0 Å². The lowest BCUT2D eigenvalue weighted by Crippen LogP contribution is -2.50. The van der Waals surface area contributed by atoms with Crippen LogP contribution in [0, 0.1) is 6.33 Å². The van der Waals surface area contributed by atoms with Gasteiger partial charge >= 0.3 is 6.85 Å². The van der Waals surface area contributed by atoms with Gasteiger partial charge in [-0.05, 0) is 80.1 Å². The maximum atomic E-state index is 6.85. The number of hydrogen-bond donors (Lipinski definition) is 0. The zero-order valence-electron chi connectivity index (χ0n) is 37.3. The molecule has 67 heavy (non-hydrogen) atoms. The molecule has 0 bridgehead atoms. The Bertz CT molecular complexity index is 3470. The second-order valence-electron chi connectivity index (χ2n) is 18.0. The minimum atomic E-state index is -0.346. The lowest BCUT2D eigenvalue weighted by molar-refractivity contribution is -0.571. The first-order valence-corrected chi connectivity index (χ1v) is 22.7. The summed E-state index contributed by atoms with van der Waals surface area (Å²) in [5, 5.41) is 0. The van der Waals surface area contributed by atoms with Gasteiger partial charge in [-0.15, -0.1) is 0 Å². The Kier molecular flexibility index (Phi) is 9.68. The van der Waals surface area contributed by atoms with E-state index < -0.39 is 0 Å². The number of anilines is 2. The highest BCUT2D eigenvalue weighted by atomic mass is 16.5. The lowest BCUT2D eigenvalue weighted by atomic mass is 9.49. The summed E-state index contributed by atoms with van der Waals surface area (Å²) in [5.74, 6) is 2.81. The second-order valence-corrected chi connectivity index (χ2v) is 18.0. The Morgan fingerprint density at radius 2 is 1.19 bits per heavy atom. The Balaban J connectivity index is 0.964. The molecule has 0 atom stereocenters. The third-order valence-electron chi connectivity index (χ3n) is 12.7. The molecule has 2 aliphatic rings. The molecule has 0 fully saturated rings. The van der Waals surface area contributed by atoms with Crippen molar-refractivity contribution in [2.75, 3.05) is 4.90 Å². The summed E-state index contributed by atoms with van der Waals surface area (Å²) in [6.07, 6.45) is 5.66. The number of nitrogens with zero attached hydrogens (tertiary/aromatic N) is 5. The quantitative estimate of drug-likeness (QED) is 0.0867. The molecule has 320 valence electrons. The molecule has 0 unspecified atom stereocenters. The van der Waals surface area contributed by atoms with Gasteiger partial charge in [0.2, 0.25) is 0 Å². The molecule has 2 aliphatic heterocycles. The molecule has 2 aromatic heterocycles. The number of para-hydroxylation sites is 3. The van der Waals surface area contributed by atoms with E-state index in [1.807, 2.05) is 41.4 Å². The molecule has 0 saturated heterocycles. The lowest BCUT2D eigenvalue weighted by Gasteiger charge is -2.28. The van der Waals surface area contributed by atoms with Crippen LogP contribution in [0.15, 0.2) is 217 Å². The number of fused-ring (bicyclic) bond motifs is 6. The van der Waals surface area contributed by atoms with Gasteiger partial charge < -0.3 is 9.47 Å². The normalized spacial score (nSPS) is 12.9. The molecule has 7 nitrogen and oxygen atoms in total. The van der Waals surface area contributed by atoms with E-state index in [2.05, 4.69) is 212 Å². The van der Waals surface area contributed by atoms with Crippen LogP contribution in [0.4, 0.5) is 11.5 Å². The van der Waals surface area contributed by atoms with Gasteiger partial charge in [0, 0.05) is 17.8 Å². The smallest absolute Gasteiger partial charge is 0.353 e. The van der Waals surface area contributed by atoms with Gasteiger partial charge in [-0.25, -0.2) is 9.88 Å². The van der Waals surface area contributed by atoms with Crippen molar-refractivity contribution >= 4 is 46.3 Å². The largest absolute Gasteiger partial charge is 0.458 e. The molecule has 0 saturated carbocycles. The van der Waals surface area contributed by atoms with Gasteiger partial charge in [0.25, 0.3) is 12.3 Å². The Morgan fingerprint density at radius 3 is 1.91 bits per heavy atom. The molecular formula is C59H44BN5O2. The first kappa shape index (κ1) is 40.1. The fraction of sp³-hybridized carbons (Fsp3) is 0.0678. The average Bonchev–Trinajstić information content (AvgIpc) is 3.96. The number of pyridine rings is 1. The Morgan fingerprint density at radius 1 is 0.582 bits per heavy atom. The Labute approximate surface area is 390 Å². The van der Waals surface area contributed by atoms with Crippen LogP contribution in [0.3, 0.4) is 0 Å². The molecule has 4 heterocycles. The van der Waals surface area contributed by atoms with E-state index in [0.29, 0.717) is 23.3 Å². The molecule has 0 amide bonds. The van der Waals surface area contributed by atoms with Crippen molar-refractivity contribution in [1.29, 1.82) is 0 Å². The molecule has 0 aliphatic carbocycles. The number of hydrogen-bond acceptors (Lipinski definition) is 5. The first-order chi connectivity index (χ1) is 32.9. The third-order valence-corrected chi connectivity index (χ3v) is 12.7. The first-order valence-electron chi connectivity index (χ1n) is 22.7. The molecule has 8 heteroatoms. The van der Waals surface area contributed by atoms with Crippen LogP contribution in [0.5, 0.6) is 17.2 Å². The number of imidazole rings is 1. The highest BCUT2D eigenvalue weighted by Crippen LogP contribution is 2.46. The molecule has 0 radical (unpaired) electrons. The summed E-state index contributed by atoms with van der Waals surface area (Å²) in [5.41, 5.74) is 14.7. The predicted molar refractivity (Wildman–Crippen MR) is 271 cm³/mol. The van der Waals surface area contributed by atoms with Gasteiger partial charge in [-0.2, -0.15) is 0 Å². The summed E-state index contributed by atoms with van der Waals surface area (Å²) in [4.78, 5) is 12.3. The van der Waals surface area contributed by atoms with E-state index in [0.717, 1.165) is 83.7 Å². The third kappa shape index (κ3) is 7.05. The van der Waals surface area contributed by atoms with E-state index in [1.54, 1.807) is 0 Å². The van der Waals surface area contributed by atoms with Crippen molar-refractivity contribution in [1.82, 2.24) is 9.55 Å². The minimum Gasteiger partial charge on any atom is -0.458 e. The van der Waals surface area contributed by atoms with Crippen LogP contribution in [-0.4, -0.2) is 22.4 Å². The SMILES string of the molecule is CC(C)(C)c1ccnc2c1OC1=NB(c3ccccc3-c3ccccc3)c3ccc(Oc4cccc(-n5[c-][n+](-c6c(-c7ccccc7)cccc6-c6ccccc6)c6ccccc65)c4)cc3N12. The number of rotatable bonds is 8. The van der Waals surface area contributed by atoms with Crippen molar-refractivity contribution in [3.8, 4) is 62.0 Å². The van der Waals surface area contributed by atoms with Crippen molar-refractivity contribution in [3.63, 3.8) is 0 Å². The van der Waals surface area contributed by atoms with Crippen molar-refractivity contribution in [2.24, 2.45) is 4.90 Å². The standard InChI is InChI=1S/C59H44BN5O2/c1-59(2,3)49-35-36-61-57-56(49)67-58-62-60(50-30-14-13-27-46(50)40-19-7-4-8-20-40)51-34-33-45(38-54(51)65(57)58)66-44-26-17-25-43(37-44)63-39-64(53-32-16-15-31-52(53)63)55-47(41-21-9-5-10-22-41)28-18-29-48(55)42-23-11-6-12-24-42/h4-38H,1-3H3.